The lowest BCUT2D eigenvalue weighted by Gasteiger charge is -2.31. The van der Waals surface area contributed by atoms with Crippen molar-refractivity contribution in [1.29, 1.82) is 0 Å². The highest BCUT2D eigenvalue weighted by atomic mass is 16.3. The van der Waals surface area contributed by atoms with Gasteiger partial charge >= 0.3 is 0 Å². The lowest BCUT2D eigenvalue weighted by Crippen LogP contribution is -2.40. The molecule has 0 aliphatic carbocycles. The van der Waals surface area contributed by atoms with Crippen LogP contribution in [0.2, 0.25) is 0 Å². The van der Waals surface area contributed by atoms with Crippen LogP contribution in [0, 0.1) is 5.41 Å². The minimum atomic E-state index is 0.142. The van der Waals surface area contributed by atoms with Crippen LogP contribution in [-0.4, -0.2) is 17.8 Å². The first-order valence-corrected chi connectivity index (χ1v) is 6.39. The Balaban J connectivity index is 2.51. The molecule has 1 heterocycles. The van der Waals surface area contributed by atoms with Crippen molar-refractivity contribution >= 4 is 0 Å². The van der Waals surface area contributed by atoms with E-state index in [2.05, 4.69) is 33.0 Å². The van der Waals surface area contributed by atoms with Gasteiger partial charge in [-0.15, -0.1) is 0 Å². The number of aliphatic hydroxyl groups excluding tert-OH is 1. The van der Waals surface area contributed by atoms with E-state index in [9.17, 15) is 0 Å². The summed E-state index contributed by atoms with van der Waals surface area (Å²) in [5.41, 5.74) is 0.142. The molecule has 0 fully saturated rings. The second-order valence-electron chi connectivity index (χ2n) is 5.53. The number of furan rings is 1. The Morgan fingerprint density at radius 3 is 2.41 bits per heavy atom. The van der Waals surface area contributed by atoms with Crippen molar-refractivity contribution in [3.8, 4) is 0 Å². The van der Waals surface area contributed by atoms with Gasteiger partial charge in [-0.2, -0.15) is 0 Å². The van der Waals surface area contributed by atoms with E-state index in [-0.39, 0.29) is 12.0 Å². The predicted molar refractivity (Wildman–Crippen MR) is 69.9 cm³/mol. The molecular formula is C14H25NO2. The maximum absolute atomic E-state index is 9.08. The van der Waals surface area contributed by atoms with Crippen molar-refractivity contribution in [3.05, 3.63) is 23.7 Å². The molecule has 1 aromatic heterocycles. The Hall–Kier alpha value is -0.800. The molecular weight excluding hydrogens is 214 g/mol. The van der Waals surface area contributed by atoms with Crippen LogP contribution in [0.25, 0.3) is 0 Å². The fourth-order valence-electron chi connectivity index (χ4n) is 1.90. The minimum absolute atomic E-state index is 0.142. The van der Waals surface area contributed by atoms with E-state index in [1.54, 1.807) is 0 Å². The van der Waals surface area contributed by atoms with Gasteiger partial charge in [0.25, 0.3) is 0 Å². The van der Waals surface area contributed by atoms with E-state index < -0.39 is 0 Å². The average molecular weight is 239 g/mol. The Morgan fingerprint density at radius 2 is 1.94 bits per heavy atom. The summed E-state index contributed by atoms with van der Waals surface area (Å²) in [6.07, 6.45) is 1.70. The van der Waals surface area contributed by atoms with E-state index in [1.807, 2.05) is 12.1 Å². The van der Waals surface area contributed by atoms with Crippen LogP contribution in [0.15, 0.2) is 16.5 Å². The highest BCUT2D eigenvalue weighted by molar-refractivity contribution is 5.07. The molecule has 0 saturated heterocycles. The van der Waals surface area contributed by atoms with Gasteiger partial charge in [-0.05, 0) is 24.0 Å². The molecule has 0 aliphatic rings. The van der Waals surface area contributed by atoms with Crippen LogP contribution < -0.4 is 5.32 Å². The maximum atomic E-state index is 9.08. The second-order valence-corrected chi connectivity index (χ2v) is 5.53. The zero-order valence-corrected chi connectivity index (χ0v) is 11.4. The molecule has 98 valence electrons. The summed E-state index contributed by atoms with van der Waals surface area (Å²) in [5, 5.41) is 12.5. The summed E-state index contributed by atoms with van der Waals surface area (Å²) in [6.45, 7) is 9.56. The first kappa shape index (κ1) is 14.3. The highest BCUT2D eigenvalue weighted by Gasteiger charge is 2.23. The Morgan fingerprint density at radius 1 is 1.29 bits per heavy atom. The van der Waals surface area contributed by atoms with Crippen molar-refractivity contribution in [2.75, 3.05) is 6.61 Å². The molecule has 0 saturated carbocycles. The van der Waals surface area contributed by atoms with Crippen LogP contribution in [-0.2, 0) is 13.0 Å². The zero-order valence-electron chi connectivity index (χ0n) is 11.4. The molecule has 0 bridgehead atoms. The second kappa shape index (κ2) is 6.22. The fourth-order valence-corrected chi connectivity index (χ4v) is 1.90. The van der Waals surface area contributed by atoms with Gasteiger partial charge in [0.15, 0.2) is 0 Å². The topological polar surface area (TPSA) is 45.4 Å². The van der Waals surface area contributed by atoms with Gasteiger partial charge in [-0.3, -0.25) is 0 Å². The SMILES string of the molecule is CCc1ccc(CNC(CCO)C(C)(C)C)o1. The number of aliphatic hydroxyl groups is 1. The Bertz CT molecular complexity index is 325. The molecule has 2 N–H and O–H groups in total. The molecule has 3 heteroatoms. The molecule has 0 radical (unpaired) electrons. The fraction of sp³-hybridized carbons (Fsp3) is 0.714. The number of nitrogens with one attached hydrogen (secondary N) is 1. The van der Waals surface area contributed by atoms with Crippen LogP contribution in [0.4, 0.5) is 0 Å². The molecule has 0 aliphatic heterocycles. The number of rotatable bonds is 6. The maximum Gasteiger partial charge on any atom is 0.117 e. The molecule has 1 rings (SSSR count). The Labute approximate surface area is 104 Å². The van der Waals surface area contributed by atoms with Crippen molar-refractivity contribution in [1.82, 2.24) is 5.32 Å². The predicted octanol–water partition coefficient (Wildman–Crippen LogP) is 2.73. The van der Waals surface area contributed by atoms with Crippen molar-refractivity contribution < 1.29 is 9.52 Å². The number of hydrogen-bond acceptors (Lipinski definition) is 3. The van der Waals surface area contributed by atoms with Gasteiger partial charge in [-0.1, -0.05) is 27.7 Å². The molecule has 0 aromatic carbocycles. The van der Waals surface area contributed by atoms with E-state index >= 15 is 0 Å². The number of hydrogen-bond donors (Lipinski definition) is 2. The third kappa shape index (κ3) is 4.52. The Kier molecular flexibility index (Phi) is 5.22. The van der Waals surface area contributed by atoms with E-state index in [0.29, 0.717) is 6.04 Å². The van der Waals surface area contributed by atoms with E-state index in [1.165, 1.54) is 0 Å². The quantitative estimate of drug-likeness (QED) is 0.802. The standard InChI is InChI=1S/C14H25NO2/c1-5-11-6-7-12(17-11)10-15-13(8-9-16)14(2,3)4/h6-7,13,15-16H,5,8-10H2,1-4H3. The van der Waals surface area contributed by atoms with Crippen LogP contribution in [0.3, 0.4) is 0 Å². The third-order valence-electron chi connectivity index (χ3n) is 3.05. The lowest BCUT2D eigenvalue weighted by molar-refractivity contribution is 0.193. The summed E-state index contributed by atoms with van der Waals surface area (Å²) >= 11 is 0. The van der Waals surface area contributed by atoms with Gasteiger partial charge in [0.05, 0.1) is 6.54 Å². The van der Waals surface area contributed by atoms with Crippen molar-refractivity contribution in [2.24, 2.45) is 5.41 Å². The first-order chi connectivity index (χ1) is 7.97. The highest BCUT2D eigenvalue weighted by Crippen LogP contribution is 2.22. The average Bonchev–Trinajstić information content (AvgIpc) is 2.70. The summed E-state index contributed by atoms with van der Waals surface area (Å²) in [6, 6.07) is 4.34. The van der Waals surface area contributed by atoms with Crippen molar-refractivity contribution in [3.63, 3.8) is 0 Å². The molecule has 0 amide bonds. The van der Waals surface area contributed by atoms with Gasteiger partial charge in [-0.25, -0.2) is 0 Å². The van der Waals surface area contributed by atoms with Crippen LogP contribution in [0.5, 0.6) is 0 Å². The smallest absolute Gasteiger partial charge is 0.117 e. The molecule has 1 atom stereocenters. The van der Waals surface area contributed by atoms with E-state index in [0.717, 1.165) is 30.9 Å². The first-order valence-electron chi connectivity index (χ1n) is 6.39. The van der Waals surface area contributed by atoms with E-state index in [4.69, 9.17) is 9.52 Å². The minimum Gasteiger partial charge on any atom is -0.465 e. The zero-order chi connectivity index (χ0) is 12.9. The molecule has 17 heavy (non-hydrogen) atoms. The third-order valence-corrected chi connectivity index (χ3v) is 3.05. The molecule has 1 aromatic rings. The number of aryl methyl sites for hydroxylation is 1. The van der Waals surface area contributed by atoms with Gasteiger partial charge in [0, 0.05) is 19.1 Å². The monoisotopic (exact) mass is 239 g/mol. The summed E-state index contributed by atoms with van der Waals surface area (Å²) in [5.74, 6) is 1.99. The van der Waals surface area contributed by atoms with Gasteiger partial charge in [0.2, 0.25) is 0 Å². The largest absolute Gasteiger partial charge is 0.465 e. The normalized spacial score (nSPS) is 13.9. The summed E-state index contributed by atoms with van der Waals surface area (Å²) < 4.78 is 5.65. The summed E-state index contributed by atoms with van der Waals surface area (Å²) in [7, 11) is 0. The van der Waals surface area contributed by atoms with Gasteiger partial charge < -0.3 is 14.8 Å². The lowest BCUT2D eigenvalue weighted by atomic mass is 9.85. The van der Waals surface area contributed by atoms with Crippen LogP contribution in [0.1, 0.15) is 45.6 Å². The van der Waals surface area contributed by atoms with Crippen LogP contribution >= 0.6 is 0 Å². The molecule has 1 unspecified atom stereocenters. The molecule has 3 nitrogen and oxygen atoms in total. The van der Waals surface area contributed by atoms with Crippen molar-refractivity contribution in [2.45, 2.75) is 53.1 Å². The molecule has 0 spiro atoms. The summed E-state index contributed by atoms with van der Waals surface area (Å²) in [4.78, 5) is 0. The van der Waals surface area contributed by atoms with Gasteiger partial charge in [0.1, 0.15) is 11.5 Å².